The van der Waals surface area contributed by atoms with Crippen LogP contribution in [0.4, 0.5) is 4.39 Å². The molecule has 6 heteroatoms. The van der Waals surface area contributed by atoms with Crippen molar-refractivity contribution in [2.45, 2.75) is 6.54 Å². The molecule has 1 aromatic carbocycles. The van der Waals surface area contributed by atoms with Crippen molar-refractivity contribution < 1.29 is 9.18 Å². The van der Waals surface area contributed by atoms with Crippen LogP contribution < -0.4 is 5.32 Å². The van der Waals surface area contributed by atoms with Gasteiger partial charge in [-0.1, -0.05) is 6.07 Å². The summed E-state index contributed by atoms with van der Waals surface area (Å²) < 4.78 is 13.0. The van der Waals surface area contributed by atoms with Crippen molar-refractivity contribution in [2.75, 3.05) is 0 Å². The third kappa shape index (κ3) is 3.74. The van der Waals surface area contributed by atoms with E-state index in [4.69, 9.17) is 0 Å². The van der Waals surface area contributed by atoms with E-state index in [0.29, 0.717) is 17.1 Å². The summed E-state index contributed by atoms with van der Waals surface area (Å²) in [4.78, 5) is 24.2. The Morgan fingerprint density at radius 1 is 1.04 bits per heavy atom. The number of amides is 1. The minimum Gasteiger partial charge on any atom is -0.345 e. The van der Waals surface area contributed by atoms with E-state index in [1.807, 2.05) is 0 Å². The molecular weight excluding hydrogens is 295 g/mol. The summed E-state index contributed by atoms with van der Waals surface area (Å²) in [5.41, 5.74) is 2.46. The van der Waals surface area contributed by atoms with Crippen molar-refractivity contribution in [1.82, 2.24) is 20.3 Å². The highest BCUT2D eigenvalue weighted by atomic mass is 19.1. The number of rotatable bonds is 4. The summed E-state index contributed by atoms with van der Waals surface area (Å²) >= 11 is 0. The average Bonchev–Trinajstić information content (AvgIpc) is 2.61. The maximum absolute atomic E-state index is 13.0. The number of halogens is 1. The summed E-state index contributed by atoms with van der Waals surface area (Å²) in [5, 5.41) is 2.75. The molecule has 1 N–H and O–H groups in total. The molecule has 0 unspecified atom stereocenters. The Kier molecular flexibility index (Phi) is 4.33. The topological polar surface area (TPSA) is 67.8 Å². The first-order chi connectivity index (χ1) is 11.2. The molecule has 1 amide bonds. The largest absolute Gasteiger partial charge is 0.345 e. The van der Waals surface area contributed by atoms with Crippen molar-refractivity contribution in [3.8, 4) is 11.3 Å². The molecule has 114 valence electrons. The second kappa shape index (κ2) is 6.74. The molecule has 0 aliphatic carbocycles. The summed E-state index contributed by atoms with van der Waals surface area (Å²) in [6, 6.07) is 12.9. The predicted octanol–water partition coefficient (Wildman–Crippen LogP) is 2.61. The van der Waals surface area contributed by atoms with Crippen LogP contribution in [0, 0.1) is 5.82 Å². The lowest BCUT2D eigenvalue weighted by Gasteiger charge is -2.06. The number of nitrogens with zero attached hydrogens (tertiary/aromatic N) is 3. The second-order valence-electron chi connectivity index (χ2n) is 4.80. The molecule has 0 atom stereocenters. The van der Waals surface area contributed by atoms with E-state index in [0.717, 1.165) is 5.56 Å². The molecule has 2 heterocycles. The van der Waals surface area contributed by atoms with Crippen molar-refractivity contribution >= 4 is 5.91 Å². The molecule has 2 aromatic heterocycles. The molecule has 3 rings (SSSR count). The lowest BCUT2D eigenvalue weighted by atomic mass is 10.1. The van der Waals surface area contributed by atoms with Crippen LogP contribution in [0.5, 0.6) is 0 Å². The third-order valence-corrected chi connectivity index (χ3v) is 3.19. The van der Waals surface area contributed by atoms with Crippen LogP contribution in [0.2, 0.25) is 0 Å². The minimum atomic E-state index is -0.300. The maximum atomic E-state index is 13.0. The zero-order chi connectivity index (χ0) is 16.1. The zero-order valence-electron chi connectivity index (χ0n) is 12.1. The predicted molar refractivity (Wildman–Crippen MR) is 82.8 cm³/mol. The van der Waals surface area contributed by atoms with Crippen LogP contribution in [0.15, 0.2) is 61.1 Å². The number of hydrogen-bond acceptors (Lipinski definition) is 4. The molecular formula is C17H13FN4O. The molecule has 23 heavy (non-hydrogen) atoms. The van der Waals surface area contributed by atoms with E-state index < -0.39 is 0 Å². The molecule has 0 spiro atoms. The molecule has 5 nitrogen and oxygen atoms in total. The molecule has 0 saturated carbocycles. The van der Waals surface area contributed by atoms with Gasteiger partial charge in [0, 0.05) is 11.8 Å². The van der Waals surface area contributed by atoms with Crippen molar-refractivity contribution in [3.63, 3.8) is 0 Å². The lowest BCUT2D eigenvalue weighted by Crippen LogP contribution is -2.24. The van der Waals surface area contributed by atoms with E-state index in [1.54, 1.807) is 42.6 Å². The fourth-order valence-corrected chi connectivity index (χ4v) is 2.03. The Morgan fingerprint density at radius 3 is 2.61 bits per heavy atom. The van der Waals surface area contributed by atoms with E-state index in [1.165, 1.54) is 18.5 Å². The molecule has 0 fully saturated rings. The number of aromatic nitrogens is 3. The quantitative estimate of drug-likeness (QED) is 0.804. The third-order valence-electron chi connectivity index (χ3n) is 3.19. The van der Waals surface area contributed by atoms with E-state index in [9.17, 15) is 9.18 Å². The van der Waals surface area contributed by atoms with Crippen LogP contribution in [-0.4, -0.2) is 20.9 Å². The first-order valence-electron chi connectivity index (χ1n) is 6.98. The standard InChI is InChI=1S/C17H13FN4O/c18-13-6-4-12(5-7-13)16-9-14(21-11-22-16)10-20-17(23)15-3-1-2-8-19-15/h1-9,11H,10H2,(H,20,23). The fraction of sp³-hybridized carbons (Fsp3) is 0.0588. The van der Waals surface area contributed by atoms with Gasteiger partial charge in [0.15, 0.2) is 0 Å². The number of carbonyl (C=O) groups is 1. The van der Waals surface area contributed by atoms with Crippen LogP contribution in [-0.2, 0) is 6.54 Å². The number of pyridine rings is 1. The smallest absolute Gasteiger partial charge is 0.270 e. The van der Waals surface area contributed by atoms with Gasteiger partial charge in [0.25, 0.3) is 5.91 Å². The average molecular weight is 308 g/mol. The van der Waals surface area contributed by atoms with Crippen molar-refractivity contribution in [1.29, 1.82) is 0 Å². The first-order valence-corrected chi connectivity index (χ1v) is 6.98. The SMILES string of the molecule is O=C(NCc1cc(-c2ccc(F)cc2)ncn1)c1ccccn1. The zero-order valence-corrected chi connectivity index (χ0v) is 12.1. The molecule has 0 radical (unpaired) electrons. The highest BCUT2D eigenvalue weighted by Crippen LogP contribution is 2.17. The number of benzene rings is 1. The summed E-state index contributed by atoms with van der Waals surface area (Å²) in [5.74, 6) is -0.571. The number of hydrogen-bond donors (Lipinski definition) is 1. The summed E-state index contributed by atoms with van der Waals surface area (Å²) in [7, 11) is 0. The van der Waals surface area contributed by atoms with Gasteiger partial charge in [-0.3, -0.25) is 9.78 Å². The Labute approximate surface area is 132 Å². The van der Waals surface area contributed by atoms with Gasteiger partial charge in [-0.25, -0.2) is 14.4 Å². The lowest BCUT2D eigenvalue weighted by molar-refractivity contribution is 0.0945. The van der Waals surface area contributed by atoms with Gasteiger partial charge in [-0.2, -0.15) is 0 Å². The number of nitrogens with one attached hydrogen (secondary N) is 1. The Hall–Kier alpha value is -3.15. The molecule has 0 saturated heterocycles. The molecule has 0 aliphatic rings. The second-order valence-corrected chi connectivity index (χ2v) is 4.80. The van der Waals surface area contributed by atoms with Gasteiger partial charge in [0.2, 0.25) is 0 Å². The Balaban J connectivity index is 1.71. The molecule has 3 aromatic rings. The van der Waals surface area contributed by atoms with Gasteiger partial charge in [-0.15, -0.1) is 0 Å². The van der Waals surface area contributed by atoms with E-state index in [2.05, 4.69) is 20.3 Å². The minimum absolute atomic E-state index is 0.256. The van der Waals surface area contributed by atoms with Gasteiger partial charge in [0.05, 0.1) is 17.9 Å². The summed E-state index contributed by atoms with van der Waals surface area (Å²) in [6.45, 7) is 0.256. The maximum Gasteiger partial charge on any atom is 0.270 e. The van der Waals surface area contributed by atoms with Gasteiger partial charge in [-0.05, 0) is 42.5 Å². The highest BCUT2D eigenvalue weighted by Gasteiger charge is 2.07. The van der Waals surface area contributed by atoms with Crippen LogP contribution in [0.1, 0.15) is 16.2 Å². The van der Waals surface area contributed by atoms with Gasteiger partial charge >= 0.3 is 0 Å². The highest BCUT2D eigenvalue weighted by molar-refractivity contribution is 5.92. The van der Waals surface area contributed by atoms with Crippen molar-refractivity contribution in [2.24, 2.45) is 0 Å². The Bertz CT molecular complexity index is 806. The van der Waals surface area contributed by atoms with E-state index >= 15 is 0 Å². The number of carbonyl (C=O) groups excluding carboxylic acids is 1. The molecule has 0 aliphatic heterocycles. The van der Waals surface area contributed by atoms with Gasteiger partial charge in [0.1, 0.15) is 17.8 Å². The monoisotopic (exact) mass is 308 g/mol. The van der Waals surface area contributed by atoms with Crippen LogP contribution in [0.25, 0.3) is 11.3 Å². The van der Waals surface area contributed by atoms with Crippen LogP contribution >= 0.6 is 0 Å². The Morgan fingerprint density at radius 2 is 1.87 bits per heavy atom. The first kappa shape index (κ1) is 14.8. The molecule has 0 bridgehead atoms. The van der Waals surface area contributed by atoms with Gasteiger partial charge < -0.3 is 5.32 Å². The summed E-state index contributed by atoms with van der Waals surface area (Å²) in [6.07, 6.45) is 2.98. The van der Waals surface area contributed by atoms with E-state index in [-0.39, 0.29) is 18.3 Å². The normalized spacial score (nSPS) is 10.3. The van der Waals surface area contributed by atoms with Crippen LogP contribution in [0.3, 0.4) is 0 Å². The fourth-order valence-electron chi connectivity index (χ4n) is 2.03. The van der Waals surface area contributed by atoms with Crippen molar-refractivity contribution in [3.05, 3.63) is 78.3 Å².